The van der Waals surface area contributed by atoms with Crippen LogP contribution in [-0.4, -0.2) is 37.9 Å². The second-order valence-corrected chi connectivity index (χ2v) is 6.70. The van der Waals surface area contributed by atoms with Gasteiger partial charge in [-0.15, -0.1) is 0 Å². The molecule has 2 rings (SSSR count). The topological polar surface area (TPSA) is 47.6 Å². The van der Waals surface area contributed by atoms with Crippen LogP contribution in [0.2, 0.25) is 0 Å². The minimum Gasteiger partial charge on any atom is -0.468 e. The van der Waals surface area contributed by atoms with Gasteiger partial charge < -0.3 is 14.8 Å². The summed E-state index contributed by atoms with van der Waals surface area (Å²) in [5.74, 6) is 0.607. The van der Waals surface area contributed by atoms with Crippen molar-refractivity contribution >= 4 is 5.97 Å². The van der Waals surface area contributed by atoms with Crippen LogP contribution in [-0.2, 0) is 14.3 Å². The summed E-state index contributed by atoms with van der Waals surface area (Å²) in [5, 5.41) is 3.41. The average Bonchev–Trinajstić information content (AvgIpc) is 2.96. The van der Waals surface area contributed by atoms with Gasteiger partial charge in [0.05, 0.1) is 13.2 Å². The second kappa shape index (κ2) is 8.14. The summed E-state index contributed by atoms with van der Waals surface area (Å²) in [6.45, 7) is 3.84. The Hall–Kier alpha value is -0.610. The highest BCUT2D eigenvalue weighted by atomic mass is 16.5. The number of ether oxygens (including phenoxy) is 2. The SMILES string of the molecule is CCCNC1(C(=O)OC)CCC(OCC2CCCCC2)C1. The van der Waals surface area contributed by atoms with Crippen molar-refractivity contribution in [3.05, 3.63) is 0 Å². The van der Waals surface area contributed by atoms with Crippen molar-refractivity contribution in [3.8, 4) is 0 Å². The molecule has 0 amide bonds. The number of carbonyl (C=O) groups excluding carboxylic acids is 1. The molecule has 2 atom stereocenters. The van der Waals surface area contributed by atoms with Crippen molar-refractivity contribution < 1.29 is 14.3 Å². The minimum absolute atomic E-state index is 0.125. The zero-order chi connectivity index (χ0) is 15.1. The first-order chi connectivity index (χ1) is 10.2. The molecule has 0 spiro atoms. The molecule has 0 radical (unpaired) electrons. The molecule has 2 aliphatic carbocycles. The highest BCUT2D eigenvalue weighted by molar-refractivity contribution is 5.81. The van der Waals surface area contributed by atoms with Gasteiger partial charge in [-0.3, -0.25) is 4.79 Å². The molecule has 4 nitrogen and oxygen atoms in total. The molecule has 1 N–H and O–H groups in total. The highest BCUT2D eigenvalue weighted by Crippen LogP contribution is 2.34. The van der Waals surface area contributed by atoms with E-state index >= 15 is 0 Å². The Balaban J connectivity index is 1.82. The number of carbonyl (C=O) groups is 1. The van der Waals surface area contributed by atoms with Gasteiger partial charge in [0.2, 0.25) is 0 Å². The molecule has 0 aromatic rings. The number of rotatable bonds is 7. The first-order valence-electron chi connectivity index (χ1n) is 8.65. The molecule has 0 aliphatic heterocycles. The van der Waals surface area contributed by atoms with Crippen LogP contribution in [0, 0.1) is 5.92 Å². The van der Waals surface area contributed by atoms with Gasteiger partial charge in [0.1, 0.15) is 5.54 Å². The molecule has 0 bridgehead atoms. The third-order valence-corrected chi connectivity index (χ3v) is 5.05. The zero-order valence-electron chi connectivity index (χ0n) is 13.7. The zero-order valence-corrected chi connectivity index (χ0v) is 13.7. The maximum Gasteiger partial charge on any atom is 0.326 e. The Bertz CT molecular complexity index is 328. The van der Waals surface area contributed by atoms with E-state index in [4.69, 9.17) is 9.47 Å². The van der Waals surface area contributed by atoms with Gasteiger partial charge in [0.25, 0.3) is 0 Å². The van der Waals surface area contributed by atoms with E-state index in [1.165, 1.54) is 39.2 Å². The summed E-state index contributed by atoms with van der Waals surface area (Å²) < 4.78 is 11.1. The normalized spacial score (nSPS) is 30.5. The Morgan fingerprint density at radius 3 is 2.67 bits per heavy atom. The van der Waals surface area contributed by atoms with Crippen molar-refractivity contribution in [2.75, 3.05) is 20.3 Å². The molecule has 0 saturated heterocycles. The Morgan fingerprint density at radius 2 is 2.00 bits per heavy atom. The van der Waals surface area contributed by atoms with Crippen LogP contribution >= 0.6 is 0 Å². The average molecular weight is 297 g/mol. The van der Waals surface area contributed by atoms with Crippen LogP contribution in [0.4, 0.5) is 0 Å². The van der Waals surface area contributed by atoms with Gasteiger partial charge in [0.15, 0.2) is 0 Å². The molecule has 21 heavy (non-hydrogen) atoms. The van der Waals surface area contributed by atoms with Crippen molar-refractivity contribution in [2.45, 2.75) is 76.4 Å². The van der Waals surface area contributed by atoms with Crippen LogP contribution in [0.5, 0.6) is 0 Å². The third kappa shape index (κ3) is 4.43. The number of nitrogens with one attached hydrogen (secondary N) is 1. The number of hydrogen-bond acceptors (Lipinski definition) is 4. The first-order valence-corrected chi connectivity index (χ1v) is 8.65. The molecule has 2 saturated carbocycles. The van der Waals surface area contributed by atoms with Gasteiger partial charge in [0, 0.05) is 13.0 Å². The minimum atomic E-state index is -0.512. The standard InChI is InChI=1S/C17H31NO3/c1-3-11-18-17(16(19)20-2)10-9-15(12-17)21-13-14-7-5-4-6-8-14/h14-15,18H,3-13H2,1-2H3. The largest absolute Gasteiger partial charge is 0.468 e. The molecular weight excluding hydrogens is 266 g/mol. The molecule has 122 valence electrons. The Morgan fingerprint density at radius 1 is 1.24 bits per heavy atom. The van der Waals surface area contributed by atoms with Crippen molar-refractivity contribution in [3.63, 3.8) is 0 Å². The van der Waals surface area contributed by atoms with E-state index in [-0.39, 0.29) is 12.1 Å². The van der Waals surface area contributed by atoms with Gasteiger partial charge in [-0.1, -0.05) is 26.2 Å². The second-order valence-electron chi connectivity index (χ2n) is 6.70. The van der Waals surface area contributed by atoms with E-state index in [1.807, 2.05) is 0 Å². The molecule has 2 fully saturated rings. The molecule has 2 aliphatic rings. The van der Waals surface area contributed by atoms with E-state index in [2.05, 4.69) is 12.2 Å². The van der Waals surface area contributed by atoms with Crippen LogP contribution in [0.25, 0.3) is 0 Å². The van der Waals surface area contributed by atoms with Crippen molar-refractivity contribution in [1.29, 1.82) is 0 Å². The maximum atomic E-state index is 12.2. The summed E-state index contributed by atoms with van der Waals surface area (Å²) in [4.78, 5) is 12.2. The maximum absolute atomic E-state index is 12.2. The van der Waals surface area contributed by atoms with Crippen LogP contribution in [0.15, 0.2) is 0 Å². The van der Waals surface area contributed by atoms with Gasteiger partial charge in [-0.2, -0.15) is 0 Å². The Labute approximate surface area is 129 Å². The lowest BCUT2D eigenvalue weighted by Crippen LogP contribution is -2.51. The molecule has 0 aromatic carbocycles. The Kier molecular flexibility index (Phi) is 6.49. The van der Waals surface area contributed by atoms with E-state index in [9.17, 15) is 4.79 Å². The predicted octanol–water partition coefficient (Wildman–Crippen LogP) is 3.05. The van der Waals surface area contributed by atoms with Gasteiger partial charge in [-0.25, -0.2) is 0 Å². The van der Waals surface area contributed by atoms with E-state index in [0.717, 1.165) is 44.8 Å². The number of hydrogen-bond donors (Lipinski definition) is 1. The van der Waals surface area contributed by atoms with Gasteiger partial charge >= 0.3 is 5.97 Å². The smallest absolute Gasteiger partial charge is 0.326 e. The molecular formula is C17H31NO3. The lowest BCUT2D eigenvalue weighted by molar-refractivity contribution is -0.149. The summed E-state index contributed by atoms with van der Waals surface area (Å²) in [7, 11) is 1.48. The molecule has 4 heteroatoms. The van der Waals surface area contributed by atoms with Crippen LogP contribution in [0.3, 0.4) is 0 Å². The lowest BCUT2D eigenvalue weighted by Gasteiger charge is -2.28. The number of methoxy groups -OCH3 is 1. The predicted molar refractivity (Wildman–Crippen MR) is 83.2 cm³/mol. The van der Waals surface area contributed by atoms with Crippen molar-refractivity contribution in [1.82, 2.24) is 5.32 Å². The monoisotopic (exact) mass is 297 g/mol. The lowest BCUT2D eigenvalue weighted by atomic mass is 9.90. The fourth-order valence-electron chi connectivity index (χ4n) is 3.75. The highest BCUT2D eigenvalue weighted by Gasteiger charge is 2.46. The first kappa shape index (κ1) is 16.8. The van der Waals surface area contributed by atoms with E-state index in [0.29, 0.717) is 0 Å². The van der Waals surface area contributed by atoms with E-state index < -0.39 is 5.54 Å². The third-order valence-electron chi connectivity index (χ3n) is 5.05. The molecule has 0 heterocycles. The van der Waals surface area contributed by atoms with E-state index in [1.54, 1.807) is 0 Å². The fraction of sp³-hybridized carbons (Fsp3) is 0.941. The summed E-state index contributed by atoms with van der Waals surface area (Å²) in [6, 6.07) is 0. The summed E-state index contributed by atoms with van der Waals surface area (Å²) in [6.07, 6.45) is 10.5. The summed E-state index contributed by atoms with van der Waals surface area (Å²) in [5.41, 5.74) is -0.512. The van der Waals surface area contributed by atoms with Crippen molar-refractivity contribution in [2.24, 2.45) is 5.92 Å². The molecule has 2 unspecified atom stereocenters. The number of esters is 1. The fourth-order valence-corrected chi connectivity index (χ4v) is 3.75. The van der Waals surface area contributed by atoms with Gasteiger partial charge in [-0.05, 0) is 44.6 Å². The summed E-state index contributed by atoms with van der Waals surface area (Å²) >= 11 is 0. The van der Waals surface area contributed by atoms with Crippen LogP contribution in [0.1, 0.15) is 64.7 Å². The van der Waals surface area contributed by atoms with Crippen LogP contribution < -0.4 is 5.32 Å². The quantitative estimate of drug-likeness (QED) is 0.734. The molecule has 0 aromatic heterocycles.